The van der Waals surface area contributed by atoms with Crippen molar-refractivity contribution in [2.24, 2.45) is 0 Å². The summed E-state index contributed by atoms with van der Waals surface area (Å²) in [7, 11) is 0. The third-order valence-electron chi connectivity index (χ3n) is 4.94. The normalized spacial score (nSPS) is 25.9. The lowest BCUT2D eigenvalue weighted by Gasteiger charge is -2.38. The number of carbonyl (C=O) groups excluding carboxylic acids is 1. The van der Waals surface area contributed by atoms with Gasteiger partial charge in [-0.25, -0.2) is 4.39 Å². The van der Waals surface area contributed by atoms with Crippen molar-refractivity contribution in [3.63, 3.8) is 0 Å². The first-order valence-corrected chi connectivity index (χ1v) is 9.24. The first-order valence-electron chi connectivity index (χ1n) is 8.26. The van der Waals surface area contributed by atoms with Gasteiger partial charge in [0.25, 0.3) is 0 Å². The average molecular weight is 346 g/mol. The summed E-state index contributed by atoms with van der Waals surface area (Å²) in [5.74, 6) is 0.338. The Balaban J connectivity index is 1.38. The van der Waals surface area contributed by atoms with E-state index in [1.165, 1.54) is 23.9 Å². The van der Waals surface area contributed by atoms with Crippen LogP contribution in [0.1, 0.15) is 31.7 Å². The van der Waals surface area contributed by atoms with Gasteiger partial charge in [0.15, 0.2) is 0 Å². The van der Waals surface area contributed by atoms with Crippen molar-refractivity contribution in [2.75, 3.05) is 5.75 Å². The molecule has 0 spiro atoms. The lowest BCUT2D eigenvalue weighted by atomic mass is 9.98. The van der Waals surface area contributed by atoms with Crippen LogP contribution >= 0.6 is 11.8 Å². The fraction of sp³-hybridized carbons (Fsp3) is 0.471. The highest BCUT2D eigenvalue weighted by Gasteiger charge is 2.43. The molecule has 1 aromatic carbocycles. The van der Waals surface area contributed by atoms with Crippen LogP contribution in [-0.2, 0) is 4.79 Å². The molecule has 1 aromatic heterocycles. The van der Waals surface area contributed by atoms with Crippen molar-refractivity contribution >= 4 is 17.7 Å². The second-order valence-electron chi connectivity index (χ2n) is 6.40. The first-order chi connectivity index (χ1) is 11.7. The molecule has 7 heteroatoms. The SMILES string of the molecule is O=C(CSc1ccc(F)cc1)N1C2CCC1CC(n1nccn1)C2. The van der Waals surface area contributed by atoms with Gasteiger partial charge in [0.05, 0.1) is 24.2 Å². The van der Waals surface area contributed by atoms with Crippen molar-refractivity contribution in [2.45, 2.75) is 48.7 Å². The van der Waals surface area contributed by atoms with Gasteiger partial charge in [-0.15, -0.1) is 11.8 Å². The zero-order valence-corrected chi connectivity index (χ0v) is 14.0. The topological polar surface area (TPSA) is 51.0 Å². The third-order valence-corrected chi connectivity index (χ3v) is 5.93. The maximum atomic E-state index is 12.9. The van der Waals surface area contributed by atoms with Crippen LogP contribution in [0.5, 0.6) is 0 Å². The molecule has 24 heavy (non-hydrogen) atoms. The molecule has 0 saturated carbocycles. The van der Waals surface area contributed by atoms with Gasteiger partial charge < -0.3 is 4.90 Å². The number of hydrogen-bond donors (Lipinski definition) is 0. The summed E-state index contributed by atoms with van der Waals surface area (Å²) in [5, 5.41) is 8.51. The second-order valence-corrected chi connectivity index (χ2v) is 7.45. The average Bonchev–Trinajstić information content (AvgIpc) is 3.21. The molecule has 126 valence electrons. The molecule has 2 fully saturated rings. The molecule has 2 atom stereocenters. The van der Waals surface area contributed by atoms with Gasteiger partial charge >= 0.3 is 0 Å². The van der Waals surface area contributed by atoms with E-state index in [9.17, 15) is 9.18 Å². The summed E-state index contributed by atoms with van der Waals surface area (Å²) >= 11 is 1.47. The van der Waals surface area contributed by atoms with Gasteiger partial charge in [-0.05, 0) is 49.9 Å². The van der Waals surface area contributed by atoms with E-state index in [-0.39, 0.29) is 11.7 Å². The molecule has 2 unspecified atom stereocenters. The fourth-order valence-corrected chi connectivity index (χ4v) is 4.68. The van der Waals surface area contributed by atoms with Gasteiger partial charge in [0, 0.05) is 17.0 Å². The third kappa shape index (κ3) is 3.05. The van der Waals surface area contributed by atoms with Crippen molar-refractivity contribution in [1.82, 2.24) is 19.9 Å². The van der Waals surface area contributed by atoms with Crippen LogP contribution in [0.4, 0.5) is 4.39 Å². The molecule has 4 rings (SSSR count). The molecule has 1 amide bonds. The number of nitrogens with zero attached hydrogens (tertiary/aromatic N) is 4. The molecule has 2 aliphatic heterocycles. The quantitative estimate of drug-likeness (QED) is 0.799. The number of thioether (sulfide) groups is 1. The van der Waals surface area contributed by atoms with Gasteiger partial charge in [-0.3, -0.25) is 4.79 Å². The molecular formula is C17H19FN4OS. The number of fused-ring (bicyclic) bond motifs is 2. The van der Waals surface area contributed by atoms with E-state index >= 15 is 0 Å². The zero-order valence-electron chi connectivity index (χ0n) is 13.2. The maximum absolute atomic E-state index is 12.9. The Morgan fingerprint density at radius 2 is 1.71 bits per heavy atom. The predicted molar refractivity (Wildman–Crippen MR) is 89.1 cm³/mol. The first kappa shape index (κ1) is 15.6. The summed E-state index contributed by atoms with van der Waals surface area (Å²) < 4.78 is 12.9. The highest BCUT2D eigenvalue weighted by molar-refractivity contribution is 8.00. The maximum Gasteiger partial charge on any atom is 0.233 e. The van der Waals surface area contributed by atoms with Crippen LogP contribution < -0.4 is 0 Å². The number of rotatable bonds is 4. The summed E-state index contributed by atoms with van der Waals surface area (Å²) in [6.45, 7) is 0. The molecule has 2 bridgehead atoms. The molecule has 5 nitrogen and oxygen atoms in total. The number of aromatic nitrogens is 3. The molecule has 0 N–H and O–H groups in total. The van der Waals surface area contributed by atoms with Crippen molar-refractivity contribution in [3.8, 4) is 0 Å². The Morgan fingerprint density at radius 1 is 1.08 bits per heavy atom. The Morgan fingerprint density at radius 3 is 2.33 bits per heavy atom. The Labute approximate surface area is 144 Å². The predicted octanol–water partition coefficient (Wildman–Crippen LogP) is 2.90. The van der Waals surface area contributed by atoms with Crippen LogP contribution in [0, 0.1) is 5.82 Å². The zero-order chi connectivity index (χ0) is 16.5. The van der Waals surface area contributed by atoms with Gasteiger partial charge in [-0.2, -0.15) is 15.0 Å². The van der Waals surface area contributed by atoms with E-state index in [0.29, 0.717) is 23.9 Å². The van der Waals surface area contributed by atoms with Crippen LogP contribution in [0.2, 0.25) is 0 Å². The molecule has 2 saturated heterocycles. The van der Waals surface area contributed by atoms with E-state index in [1.807, 2.05) is 0 Å². The number of carbonyl (C=O) groups is 1. The highest BCUT2D eigenvalue weighted by atomic mass is 32.2. The standard InChI is InChI=1S/C17H19FN4OS/c18-12-1-5-16(6-2-12)24-11-17(23)21-13-3-4-14(21)10-15(9-13)22-19-7-8-20-22/h1-2,5-8,13-15H,3-4,9-11H2. The minimum absolute atomic E-state index is 0.184. The van der Waals surface area contributed by atoms with Crippen molar-refractivity contribution < 1.29 is 9.18 Å². The largest absolute Gasteiger partial charge is 0.336 e. The van der Waals surface area contributed by atoms with E-state index in [1.54, 1.807) is 29.3 Å². The lowest BCUT2D eigenvalue weighted by Crippen LogP contribution is -2.47. The minimum atomic E-state index is -0.252. The molecule has 2 aromatic rings. The molecule has 3 heterocycles. The Kier molecular flexibility index (Phi) is 4.26. The smallest absolute Gasteiger partial charge is 0.233 e. The second kappa shape index (κ2) is 6.55. The molecule has 0 radical (unpaired) electrons. The van der Waals surface area contributed by atoms with Gasteiger partial charge in [0.1, 0.15) is 5.82 Å². The van der Waals surface area contributed by atoms with E-state index in [2.05, 4.69) is 15.1 Å². The number of amides is 1. The number of hydrogen-bond acceptors (Lipinski definition) is 4. The Bertz CT molecular complexity index is 692. The van der Waals surface area contributed by atoms with Gasteiger partial charge in [-0.1, -0.05) is 0 Å². The number of halogens is 1. The van der Waals surface area contributed by atoms with Crippen LogP contribution in [0.3, 0.4) is 0 Å². The van der Waals surface area contributed by atoms with Crippen LogP contribution in [0.15, 0.2) is 41.6 Å². The van der Waals surface area contributed by atoms with Gasteiger partial charge in [0.2, 0.25) is 5.91 Å². The van der Waals surface area contributed by atoms with E-state index in [4.69, 9.17) is 0 Å². The summed E-state index contributed by atoms with van der Waals surface area (Å²) in [6, 6.07) is 7.18. The monoisotopic (exact) mass is 346 g/mol. The summed E-state index contributed by atoms with van der Waals surface area (Å²) in [5.41, 5.74) is 0. The van der Waals surface area contributed by atoms with E-state index < -0.39 is 0 Å². The van der Waals surface area contributed by atoms with Crippen molar-refractivity contribution in [1.29, 1.82) is 0 Å². The number of piperidine rings is 1. The van der Waals surface area contributed by atoms with E-state index in [0.717, 1.165) is 30.6 Å². The molecule has 0 aliphatic carbocycles. The highest BCUT2D eigenvalue weighted by Crippen LogP contribution is 2.40. The summed E-state index contributed by atoms with van der Waals surface area (Å²) in [4.78, 5) is 17.5. The molecule has 2 aliphatic rings. The Hall–Kier alpha value is -1.89. The lowest BCUT2D eigenvalue weighted by molar-refractivity contribution is -0.133. The minimum Gasteiger partial charge on any atom is -0.336 e. The van der Waals surface area contributed by atoms with Crippen LogP contribution in [0.25, 0.3) is 0 Å². The van der Waals surface area contributed by atoms with Crippen molar-refractivity contribution in [3.05, 3.63) is 42.5 Å². The summed E-state index contributed by atoms with van der Waals surface area (Å²) in [6.07, 6.45) is 7.40. The van der Waals surface area contributed by atoms with Crippen LogP contribution in [-0.4, -0.2) is 43.6 Å². The fourth-order valence-electron chi connectivity index (χ4n) is 3.91. The molecular weight excluding hydrogens is 327 g/mol. The number of benzene rings is 1.